The Hall–Kier alpha value is -3.66. The maximum atomic E-state index is 12.6. The highest BCUT2D eigenvalue weighted by Crippen LogP contribution is 2.27. The lowest BCUT2D eigenvalue weighted by Crippen LogP contribution is -2.29. The number of carbonyl (C=O) groups is 1. The molecule has 4 heterocycles. The third-order valence-corrected chi connectivity index (χ3v) is 5.53. The Kier molecular flexibility index (Phi) is 4.91. The van der Waals surface area contributed by atoms with Gasteiger partial charge in [-0.15, -0.1) is 5.10 Å². The average molecular weight is 418 g/mol. The van der Waals surface area contributed by atoms with Crippen LogP contribution in [0.1, 0.15) is 35.1 Å². The van der Waals surface area contributed by atoms with Crippen LogP contribution in [0.25, 0.3) is 22.2 Å². The zero-order valence-electron chi connectivity index (χ0n) is 17.3. The number of anilines is 1. The summed E-state index contributed by atoms with van der Waals surface area (Å²) in [6.45, 7) is 1.99. The van der Waals surface area contributed by atoms with Gasteiger partial charge in [-0.2, -0.15) is 0 Å². The van der Waals surface area contributed by atoms with E-state index in [1.165, 1.54) is 6.26 Å². The number of oxazole rings is 1. The number of hydrogen-bond donors (Lipinski definition) is 1. The van der Waals surface area contributed by atoms with Gasteiger partial charge in [0.05, 0.1) is 11.7 Å². The number of amides is 1. The van der Waals surface area contributed by atoms with Crippen LogP contribution in [0.4, 0.5) is 5.95 Å². The highest BCUT2D eigenvalue weighted by atomic mass is 16.3. The average Bonchev–Trinajstić information content (AvgIpc) is 3.43. The second kappa shape index (κ2) is 7.88. The van der Waals surface area contributed by atoms with Crippen molar-refractivity contribution in [3.63, 3.8) is 0 Å². The summed E-state index contributed by atoms with van der Waals surface area (Å²) in [6, 6.07) is 5.75. The molecule has 1 fully saturated rings. The summed E-state index contributed by atoms with van der Waals surface area (Å²) in [6.07, 6.45) is 6.85. The van der Waals surface area contributed by atoms with Crippen LogP contribution in [0.5, 0.6) is 0 Å². The van der Waals surface area contributed by atoms with Gasteiger partial charge in [0.1, 0.15) is 12.0 Å². The topological polar surface area (TPSA) is 115 Å². The molecule has 10 heteroatoms. The van der Waals surface area contributed by atoms with Crippen molar-refractivity contribution >= 4 is 22.8 Å². The van der Waals surface area contributed by atoms with Crippen molar-refractivity contribution in [1.82, 2.24) is 34.8 Å². The number of benzene rings is 1. The molecule has 0 unspecified atom stereocenters. The van der Waals surface area contributed by atoms with Crippen LogP contribution >= 0.6 is 0 Å². The minimum Gasteiger partial charge on any atom is -0.448 e. The predicted octanol–water partition coefficient (Wildman–Crippen LogP) is 2.47. The van der Waals surface area contributed by atoms with Gasteiger partial charge in [-0.1, -0.05) is 17.3 Å². The SMILES string of the molecule is CN1CCC(c2nc(C(=O)Nc3ncc4ccc(-c5cn(C)nn5)cc4n3)co2)CC1. The summed E-state index contributed by atoms with van der Waals surface area (Å²) in [4.78, 5) is 28.0. The number of piperidine rings is 1. The van der Waals surface area contributed by atoms with Crippen molar-refractivity contribution in [2.24, 2.45) is 7.05 Å². The lowest BCUT2D eigenvalue weighted by atomic mass is 9.97. The molecule has 0 spiro atoms. The highest BCUT2D eigenvalue weighted by molar-refractivity contribution is 6.02. The number of carbonyl (C=O) groups excluding carboxylic acids is 1. The molecule has 0 bridgehead atoms. The number of nitrogens with one attached hydrogen (secondary N) is 1. The van der Waals surface area contributed by atoms with E-state index in [2.05, 4.69) is 42.5 Å². The molecule has 0 aliphatic carbocycles. The number of nitrogens with zero attached hydrogens (tertiary/aromatic N) is 7. The van der Waals surface area contributed by atoms with Gasteiger partial charge < -0.3 is 9.32 Å². The van der Waals surface area contributed by atoms with Gasteiger partial charge >= 0.3 is 0 Å². The Morgan fingerprint density at radius 1 is 1.19 bits per heavy atom. The Bertz CT molecular complexity index is 1240. The summed E-state index contributed by atoms with van der Waals surface area (Å²) >= 11 is 0. The molecule has 158 valence electrons. The summed E-state index contributed by atoms with van der Waals surface area (Å²) in [5, 5.41) is 11.7. The predicted molar refractivity (Wildman–Crippen MR) is 113 cm³/mol. The standard InChI is InChI=1S/C21H22N8O2/c1-28-7-5-13(6-8-28)20-23-18(12-31-20)19(30)25-21-22-10-15-4-3-14(9-16(15)24-21)17-11-29(2)27-26-17/h3-4,9-13H,5-8H2,1-2H3,(H,22,24,25,30). The van der Waals surface area contributed by atoms with Crippen LogP contribution in [0.15, 0.2) is 41.3 Å². The van der Waals surface area contributed by atoms with E-state index in [9.17, 15) is 4.79 Å². The van der Waals surface area contributed by atoms with Crippen molar-refractivity contribution in [2.45, 2.75) is 18.8 Å². The summed E-state index contributed by atoms with van der Waals surface area (Å²) in [5.74, 6) is 0.672. The molecule has 10 nitrogen and oxygen atoms in total. The molecule has 1 amide bonds. The molecule has 4 aromatic rings. The molecule has 0 saturated carbocycles. The summed E-state index contributed by atoms with van der Waals surface area (Å²) in [5.41, 5.74) is 2.56. The molecule has 1 aromatic carbocycles. The number of rotatable bonds is 4. The minimum atomic E-state index is -0.396. The first-order valence-electron chi connectivity index (χ1n) is 10.1. The Balaban J connectivity index is 1.33. The first-order chi connectivity index (χ1) is 15.0. The van der Waals surface area contributed by atoms with Crippen LogP contribution in [-0.2, 0) is 7.05 Å². The number of likely N-dealkylation sites (tertiary alicyclic amines) is 1. The van der Waals surface area contributed by atoms with E-state index in [0.717, 1.165) is 42.6 Å². The van der Waals surface area contributed by atoms with Gasteiger partial charge in [-0.3, -0.25) is 14.8 Å². The van der Waals surface area contributed by atoms with Crippen molar-refractivity contribution in [3.05, 3.63) is 48.4 Å². The van der Waals surface area contributed by atoms with Gasteiger partial charge in [0, 0.05) is 30.1 Å². The molecule has 1 saturated heterocycles. The number of hydrogen-bond acceptors (Lipinski definition) is 8. The third-order valence-electron chi connectivity index (χ3n) is 5.53. The normalized spacial score (nSPS) is 15.4. The molecule has 31 heavy (non-hydrogen) atoms. The second-order valence-electron chi connectivity index (χ2n) is 7.85. The lowest BCUT2D eigenvalue weighted by Gasteiger charge is -2.26. The minimum absolute atomic E-state index is 0.206. The van der Waals surface area contributed by atoms with Gasteiger partial charge in [0.25, 0.3) is 5.91 Å². The maximum Gasteiger partial charge on any atom is 0.279 e. The first-order valence-corrected chi connectivity index (χ1v) is 10.1. The van der Waals surface area contributed by atoms with E-state index < -0.39 is 5.91 Å². The van der Waals surface area contributed by atoms with Crippen LogP contribution in [0, 0.1) is 0 Å². The monoisotopic (exact) mass is 418 g/mol. The van der Waals surface area contributed by atoms with Crippen LogP contribution in [-0.4, -0.2) is 60.9 Å². The fourth-order valence-electron chi connectivity index (χ4n) is 3.72. The van der Waals surface area contributed by atoms with E-state index in [-0.39, 0.29) is 17.6 Å². The largest absolute Gasteiger partial charge is 0.448 e. The molecular weight excluding hydrogens is 396 g/mol. The summed E-state index contributed by atoms with van der Waals surface area (Å²) in [7, 11) is 3.92. The lowest BCUT2D eigenvalue weighted by molar-refractivity contribution is 0.102. The molecule has 5 rings (SSSR count). The second-order valence-corrected chi connectivity index (χ2v) is 7.85. The van der Waals surface area contributed by atoms with E-state index in [1.54, 1.807) is 10.9 Å². The molecular formula is C21H22N8O2. The highest BCUT2D eigenvalue weighted by Gasteiger charge is 2.24. The van der Waals surface area contributed by atoms with Gasteiger partial charge in [-0.25, -0.2) is 15.0 Å². The maximum absolute atomic E-state index is 12.6. The van der Waals surface area contributed by atoms with Crippen LogP contribution in [0.2, 0.25) is 0 Å². The molecule has 0 radical (unpaired) electrons. The molecule has 3 aromatic heterocycles. The van der Waals surface area contributed by atoms with Crippen LogP contribution < -0.4 is 5.32 Å². The van der Waals surface area contributed by atoms with Crippen molar-refractivity contribution in [1.29, 1.82) is 0 Å². The van der Waals surface area contributed by atoms with E-state index >= 15 is 0 Å². The molecule has 1 aliphatic heterocycles. The van der Waals surface area contributed by atoms with Crippen LogP contribution in [0.3, 0.4) is 0 Å². The molecule has 0 atom stereocenters. The Morgan fingerprint density at radius 3 is 2.81 bits per heavy atom. The quantitative estimate of drug-likeness (QED) is 0.537. The first kappa shape index (κ1) is 19.3. The smallest absolute Gasteiger partial charge is 0.279 e. The third kappa shape index (κ3) is 4.02. The van der Waals surface area contributed by atoms with E-state index in [4.69, 9.17) is 4.42 Å². The van der Waals surface area contributed by atoms with Gasteiger partial charge in [-0.05, 0) is 39.0 Å². The van der Waals surface area contributed by atoms with Crippen molar-refractivity contribution in [3.8, 4) is 11.3 Å². The fraction of sp³-hybridized carbons (Fsp3) is 0.333. The van der Waals surface area contributed by atoms with Gasteiger partial charge in [0.15, 0.2) is 11.6 Å². The number of aryl methyl sites for hydroxylation is 1. The number of fused-ring (bicyclic) bond motifs is 1. The summed E-state index contributed by atoms with van der Waals surface area (Å²) < 4.78 is 7.23. The zero-order chi connectivity index (χ0) is 21.4. The zero-order valence-corrected chi connectivity index (χ0v) is 17.3. The fourth-order valence-corrected chi connectivity index (χ4v) is 3.72. The Labute approximate surface area is 178 Å². The van der Waals surface area contributed by atoms with E-state index in [1.807, 2.05) is 31.4 Å². The molecule has 1 N–H and O–H groups in total. The van der Waals surface area contributed by atoms with Crippen molar-refractivity contribution in [2.75, 3.05) is 25.5 Å². The van der Waals surface area contributed by atoms with Crippen molar-refractivity contribution < 1.29 is 9.21 Å². The van der Waals surface area contributed by atoms with E-state index in [0.29, 0.717) is 11.4 Å². The van der Waals surface area contributed by atoms with Gasteiger partial charge in [0.2, 0.25) is 5.95 Å². The molecule has 1 aliphatic rings. The Morgan fingerprint density at radius 2 is 2.03 bits per heavy atom. The number of aromatic nitrogens is 6.